The van der Waals surface area contributed by atoms with Gasteiger partial charge in [-0.1, -0.05) is 23.4 Å². The third-order valence-corrected chi connectivity index (χ3v) is 4.39. The Labute approximate surface area is 178 Å². The van der Waals surface area contributed by atoms with Gasteiger partial charge in [-0.05, 0) is 54.6 Å². The van der Waals surface area contributed by atoms with E-state index < -0.39 is 5.97 Å². The average molecular weight is 417 g/mol. The predicted molar refractivity (Wildman–Crippen MR) is 112 cm³/mol. The highest BCUT2D eigenvalue weighted by Crippen LogP contribution is 2.26. The van der Waals surface area contributed by atoms with E-state index >= 15 is 0 Å². The molecule has 0 aliphatic rings. The van der Waals surface area contributed by atoms with E-state index in [2.05, 4.69) is 10.3 Å². The van der Waals surface area contributed by atoms with Gasteiger partial charge in [0.15, 0.2) is 11.5 Å². The van der Waals surface area contributed by atoms with Crippen molar-refractivity contribution in [2.75, 3.05) is 7.11 Å². The fraction of sp³-hybridized carbons (Fsp3) is 0.0870. The number of hydrogen-bond acceptors (Lipinski definition) is 7. The van der Waals surface area contributed by atoms with Gasteiger partial charge in [0.05, 0.1) is 24.6 Å². The molecule has 0 aliphatic carbocycles. The second-order valence-electron chi connectivity index (χ2n) is 6.53. The number of hydrogen-bond donors (Lipinski definition) is 1. The Morgan fingerprint density at radius 3 is 2.48 bits per heavy atom. The second-order valence-corrected chi connectivity index (χ2v) is 6.53. The van der Waals surface area contributed by atoms with Crippen LogP contribution in [0.15, 0.2) is 79.0 Å². The van der Waals surface area contributed by atoms with Gasteiger partial charge in [-0.25, -0.2) is 9.48 Å². The van der Waals surface area contributed by atoms with E-state index in [-0.39, 0.29) is 23.7 Å². The van der Waals surface area contributed by atoms with E-state index in [1.807, 2.05) is 54.6 Å². The van der Waals surface area contributed by atoms with E-state index in [1.54, 1.807) is 10.9 Å². The molecule has 31 heavy (non-hydrogen) atoms. The minimum atomic E-state index is -0.560. The van der Waals surface area contributed by atoms with E-state index in [4.69, 9.17) is 14.2 Å². The van der Waals surface area contributed by atoms with Crippen molar-refractivity contribution < 1.29 is 24.1 Å². The van der Waals surface area contributed by atoms with Crippen molar-refractivity contribution in [2.24, 2.45) is 0 Å². The highest BCUT2D eigenvalue weighted by molar-refractivity contribution is 5.90. The van der Waals surface area contributed by atoms with Crippen molar-refractivity contribution in [3.05, 3.63) is 90.3 Å². The summed E-state index contributed by atoms with van der Waals surface area (Å²) in [7, 11) is 1.41. The minimum Gasteiger partial charge on any atom is -0.504 e. The molecule has 1 N–H and O–H groups in total. The number of phenolic OH excluding ortho intramolecular Hbond substituents is 1. The predicted octanol–water partition coefficient (Wildman–Crippen LogP) is 4.13. The monoisotopic (exact) mass is 417 g/mol. The minimum absolute atomic E-state index is 0.0444. The van der Waals surface area contributed by atoms with Gasteiger partial charge < -0.3 is 19.3 Å². The number of esters is 1. The molecular weight excluding hydrogens is 398 g/mol. The largest absolute Gasteiger partial charge is 0.504 e. The summed E-state index contributed by atoms with van der Waals surface area (Å²) in [5.41, 5.74) is 1.54. The van der Waals surface area contributed by atoms with Gasteiger partial charge in [-0.3, -0.25) is 0 Å². The lowest BCUT2D eigenvalue weighted by Gasteiger charge is -2.07. The fourth-order valence-electron chi connectivity index (χ4n) is 2.81. The second kappa shape index (κ2) is 9.00. The standard InChI is InChI=1S/C23H19N3O5/c1-29-22-13-16(7-12-21(22)27)23(28)30-15-17-14-26(25-24-17)18-8-10-20(11-9-18)31-19-5-3-2-4-6-19/h2-14,27H,15H2,1H3. The third kappa shape index (κ3) is 4.81. The summed E-state index contributed by atoms with van der Waals surface area (Å²) < 4.78 is 17.6. The Bertz CT molecular complexity index is 1170. The number of phenols is 1. The molecule has 0 aliphatic heterocycles. The average Bonchev–Trinajstić information content (AvgIpc) is 3.28. The van der Waals surface area contributed by atoms with Crippen molar-refractivity contribution in [2.45, 2.75) is 6.61 Å². The lowest BCUT2D eigenvalue weighted by atomic mass is 10.2. The van der Waals surface area contributed by atoms with Crippen molar-refractivity contribution in [3.8, 4) is 28.7 Å². The molecule has 4 aromatic rings. The fourth-order valence-corrected chi connectivity index (χ4v) is 2.81. The van der Waals surface area contributed by atoms with Crippen LogP contribution in [-0.4, -0.2) is 33.2 Å². The Hall–Kier alpha value is -4.33. The Kier molecular flexibility index (Phi) is 5.79. The molecule has 8 heteroatoms. The molecule has 0 radical (unpaired) electrons. The van der Waals surface area contributed by atoms with E-state index in [0.717, 1.165) is 11.4 Å². The first-order chi connectivity index (χ1) is 15.1. The molecule has 0 amide bonds. The first-order valence-electron chi connectivity index (χ1n) is 9.41. The Balaban J connectivity index is 1.37. The molecule has 8 nitrogen and oxygen atoms in total. The number of para-hydroxylation sites is 1. The number of aromatic nitrogens is 3. The number of aromatic hydroxyl groups is 1. The van der Waals surface area contributed by atoms with E-state index in [1.165, 1.54) is 25.3 Å². The van der Waals surface area contributed by atoms with Gasteiger partial charge in [0.1, 0.15) is 23.8 Å². The number of methoxy groups -OCH3 is 1. The molecule has 3 aromatic carbocycles. The van der Waals surface area contributed by atoms with Gasteiger partial charge in [-0.15, -0.1) is 5.10 Å². The molecule has 4 rings (SSSR count). The van der Waals surface area contributed by atoms with Crippen LogP contribution in [0.1, 0.15) is 16.1 Å². The van der Waals surface area contributed by atoms with Crippen LogP contribution in [0, 0.1) is 0 Å². The lowest BCUT2D eigenvalue weighted by molar-refractivity contribution is 0.0467. The summed E-state index contributed by atoms with van der Waals surface area (Å²) in [6.45, 7) is -0.0444. The van der Waals surface area contributed by atoms with Crippen LogP contribution < -0.4 is 9.47 Å². The van der Waals surface area contributed by atoms with Gasteiger partial charge in [0.25, 0.3) is 0 Å². The van der Waals surface area contributed by atoms with Crippen LogP contribution in [0.4, 0.5) is 0 Å². The van der Waals surface area contributed by atoms with Crippen molar-refractivity contribution in [3.63, 3.8) is 0 Å². The number of nitrogens with zero attached hydrogens (tertiary/aromatic N) is 3. The summed E-state index contributed by atoms with van der Waals surface area (Å²) >= 11 is 0. The topological polar surface area (TPSA) is 95.7 Å². The normalized spacial score (nSPS) is 10.5. The SMILES string of the molecule is COc1cc(C(=O)OCc2cn(-c3ccc(Oc4ccccc4)cc3)nn2)ccc1O. The highest BCUT2D eigenvalue weighted by Gasteiger charge is 2.12. The zero-order valence-electron chi connectivity index (χ0n) is 16.6. The molecule has 0 saturated heterocycles. The zero-order valence-corrected chi connectivity index (χ0v) is 16.6. The number of carbonyl (C=O) groups is 1. The van der Waals surface area contributed by atoms with Gasteiger partial charge >= 0.3 is 5.97 Å². The van der Waals surface area contributed by atoms with E-state index in [9.17, 15) is 9.90 Å². The Morgan fingerprint density at radius 1 is 1.00 bits per heavy atom. The zero-order chi connectivity index (χ0) is 21.6. The first-order valence-corrected chi connectivity index (χ1v) is 9.41. The highest BCUT2D eigenvalue weighted by atomic mass is 16.5. The lowest BCUT2D eigenvalue weighted by Crippen LogP contribution is -2.05. The number of benzene rings is 3. The molecule has 1 aromatic heterocycles. The number of rotatable bonds is 7. The molecule has 0 bridgehead atoms. The van der Waals surface area contributed by atoms with Crippen molar-refractivity contribution in [1.29, 1.82) is 0 Å². The number of ether oxygens (including phenoxy) is 3. The van der Waals surface area contributed by atoms with Gasteiger partial charge in [0.2, 0.25) is 0 Å². The molecule has 0 spiro atoms. The van der Waals surface area contributed by atoms with Crippen LogP contribution in [0.5, 0.6) is 23.0 Å². The third-order valence-electron chi connectivity index (χ3n) is 4.39. The maximum Gasteiger partial charge on any atom is 0.338 e. The van der Waals surface area contributed by atoms with Crippen LogP contribution in [0.3, 0.4) is 0 Å². The van der Waals surface area contributed by atoms with Crippen LogP contribution >= 0.6 is 0 Å². The van der Waals surface area contributed by atoms with Crippen LogP contribution in [-0.2, 0) is 11.3 Å². The molecule has 0 unspecified atom stereocenters. The van der Waals surface area contributed by atoms with Crippen LogP contribution in [0.2, 0.25) is 0 Å². The summed E-state index contributed by atoms with van der Waals surface area (Å²) in [5.74, 6) is 1.04. The first kappa shape index (κ1) is 20.0. The van der Waals surface area contributed by atoms with Gasteiger partial charge in [0, 0.05) is 0 Å². The van der Waals surface area contributed by atoms with Crippen molar-refractivity contribution >= 4 is 5.97 Å². The molecule has 0 atom stereocenters. The van der Waals surface area contributed by atoms with Gasteiger partial charge in [-0.2, -0.15) is 0 Å². The maximum atomic E-state index is 12.2. The molecule has 156 valence electrons. The Morgan fingerprint density at radius 2 is 1.74 bits per heavy atom. The molecular formula is C23H19N3O5. The van der Waals surface area contributed by atoms with Crippen molar-refractivity contribution in [1.82, 2.24) is 15.0 Å². The summed E-state index contributed by atoms with van der Waals surface area (Å²) in [6.07, 6.45) is 1.68. The maximum absolute atomic E-state index is 12.2. The van der Waals surface area contributed by atoms with Crippen LogP contribution in [0.25, 0.3) is 5.69 Å². The van der Waals surface area contributed by atoms with E-state index in [0.29, 0.717) is 11.4 Å². The molecule has 0 fully saturated rings. The summed E-state index contributed by atoms with van der Waals surface area (Å²) in [6, 6.07) is 21.1. The quantitative estimate of drug-likeness (QED) is 0.452. The smallest absolute Gasteiger partial charge is 0.338 e. The molecule has 0 saturated carbocycles. The number of carbonyl (C=O) groups excluding carboxylic acids is 1. The summed E-state index contributed by atoms with van der Waals surface area (Å²) in [4.78, 5) is 12.2. The summed E-state index contributed by atoms with van der Waals surface area (Å²) in [5, 5.41) is 17.7. The molecule has 1 heterocycles.